The Bertz CT molecular complexity index is 3210. The summed E-state index contributed by atoms with van der Waals surface area (Å²) >= 11 is 0. The Kier molecular flexibility index (Phi) is 6.77. The van der Waals surface area contributed by atoms with Crippen molar-refractivity contribution in [2.75, 3.05) is 0 Å². The first-order valence-corrected chi connectivity index (χ1v) is 23.2. The Morgan fingerprint density at radius 2 is 0.800 bits per heavy atom. The number of rotatable bonds is 4. The van der Waals surface area contributed by atoms with Crippen LogP contribution in [0.5, 0.6) is 0 Å². The molecule has 10 aromatic carbocycles. The Balaban J connectivity index is 1.26. The van der Waals surface area contributed by atoms with Gasteiger partial charge in [-0.25, -0.2) is 0 Å². The van der Waals surface area contributed by atoms with Gasteiger partial charge in [-0.15, -0.1) is 0 Å². The van der Waals surface area contributed by atoms with Gasteiger partial charge in [0.2, 0.25) is 0 Å². The van der Waals surface area contributed by atoms with Gasteiger partial charge in [0.25, 0.3) is 0 Å². The molecule has 0 unspecified atom stereocenters. The molecule has 0 spiro atoms. The van der Waals surface area contributed by atoms with Crippen LogP contribution < -0.4 is 5.19 Å². The molecular formula is C54H42Si. The second-order valence-corrected chi connectivity index (χ2v) is 22.4. The lowest BCUT2D eigenvalue weighted by atomic mass is 9.80. The third-order valence-corrected chi connectivity index (χ3v) is 14.8. The topological polar surface area (TPSA) is 0 Å². The van der Waals surface area contributed by atoms with Gasteiger partial charge in [0, 0.05) is 5.41 Å². The summed E-state index contributed by atoms with van der Waals surface area (Å²) in [6, 6.07) is 62.5. The van der Waals surface area contributed by atoms with Crippen molar-refractivity contribution in [2.45, 2.75) is 38.9 Å². The number of benzene rings is 10. The lowest BCUT2D eigenvalue weighted by Gasteiger charge is -2.26. The van der Waals surface area contributed by atoms with Crippen LogP contribution >= 0.6 is 0 Å². The summed E-state index contributed by atoms with van der Waals surface area (Å²) < 4.78 is 0. The van der Waals surface area contributed by atoms with Crippen LogP contribution in [0.25, 0.3) is 98.4 Å². The second-order valence-electron chi connectivity index (χ2n) is 17.3. The molecule has 0 nitrogen and oxygen atoms in total. The highest BCUT2D eigenvalue weighted by molar-refractivity contribution is 6.90. The first kappa shape index (κ1) is 32.4. The van der Waals surface area contributed by atoms with Crippen molar-refractivity contribution in [1.29, 1.82) is 0 Å². The molecule has 1 aliphatic carbocycles. The molecule has 0 saturated carbocycles. The van der Waals surface area contributed by atoms with E-state index in [-0.39, 0.29) is 5.41 Å². The van der Waals surface area contributed by atoms with Crippen LogP contribution in [-0.2, 0) is 5.41 Å². The molecule has 55 heavy (non-hydrogen) atoms. The third-order valence-electron chi connectivity index (χ3n) is 12.7. The van der Waals surface area contributed by atoms with Gasteiger partial charge in [-0.1, -0.05) is 178 Å². The highest BCUT2D eigenvalue weighted by atomic mass is 28.3. The second kappa shape index (κ2) is 11.5. The molecule has 0 amide bonds. The van der Waals surface area contributed by atoms with E-state index >= 15 is 0 Å². The summed E-state index contributed by atoms with van der Waals surface area (Å²) in [6.45, 7) is 12.3. The van der Waals surface area contributed by atoms with Crippen LogP contribution in [0.2, 0.25) is 19.6 Å². The van der Waals surface area contributed by atoms with Crippen molar-refractivity contribution in [2.24, 2.45) is 0 Å². The fourth-order valence-corrected chi connectivity index (χ4v) is 11.5. The fourth-order valence-electron chi connectivity index (χ4n) is 9.92. The summed E-state index contributed by atoms with van der Waals surface area (Å²) in [5, 5.41) is 14.8. The van der Waals surface area contributed by atoms with Crippen LogP contribution in [0.4, 0.5) is 0 Å². The molecule has 0 aliphatic heterocycles. The summed E-state index contributed by atoms with van der Waals surface area (Å²) in [5.41, 5.74) is 13.2. The Hall–Kier alpha value is -6.02. The lowest BCUT2D eigenvalue weighted by molar-refractivity contribution is 0.660. The molecule has 1 heteroatoms. The van der Waals surface area contributed by atoms with Crippen molar-refractivity contribution in [1.82, 2.24) is 0 Å². The Labute approximate surface area is 324 Å². The van der Waals surface area contributed by atoms with Crippen molar-refractivity contribution in [3.05, 3.63) is 175 Å². The maximum Gasteiger partial charge on any atom is 0.0784 e. The highest BCUT2D eigenvalue weighted by Gasteiger charge is 2.35. The van der Waals surface area contributed by atoms with Crippen molar-refractivity contribution in [3.63, 3.8) is 0 Å². The normalized spacial score (nSPS) is 13.7. The number of hydrogen-bond acceptors (Lipinski definition) is 0. The average Bonchev–Trinajstić information content (AvgIpc) is 3.44. The molecular weight excluding hydrogens is 677 g/mol. The van der Waals surface area contributed by atoms with Gasteiger partial charge in [-0.3, -0.25) is 0 Å². The van der Waals surface area contributed by atoms with Gasteiger partial charge in [-0.05, 0) is 134 Å². The molecule has 0 heterocycles. The van der Waals surface area contributed by atoms with E-state index in [0.717, 1.165) is 0 Å². The van der Waals surface area contributed by atoms with Crippen molar-refractivity contribution >= 4 is 67.1 Å². The molecule has 262 valence electrons. The molecule has 0 aromatic heterocycles. The number of fused-ring (bicyclic) bond motifs is 5. The average molecular weight is 719 g/mol. The van der Waals surface area contributed by atoms with Crippen LogP contribution in [0.3, 0.4) is 0 Å². The van der Waals surface area contributed by atoms with Crippen LogP contribution in [0, 0.1) is 0 Å². The van der Waals surface area contributed by atoms with Crippen LogP contribution in [0.1, 0.15) is 25.0 Å². The smallest absolute Gasteiger partial charge is 0.0656 e. The van der Waals surface area contributed by atoms with E-state index in [2.05, 4.69) is 197 Å². The zero-order valence-corrected chi connectivity index (χ0v) is 33.1. The summed E-state index contributed by atoms with van der Waals surface area (Å²) in [4.78, 5) is 0. The standard InChI is InChI=1S/C54H42Si/c1-54(2)49-17-11-10-16-40(49)41-23-22-39(30-50(41)54)47-31-46(37-20-18-33-12-6-8-14-35(33)28-37)43-26-27-45-51(55(3,4)5)32-48(44-25-24-42(47)52(43)53(44)45)38-21-19-34-13-7-9-15-36(34)29-38/h6-32H,1-5H3. The van der Waals surface area contributed by atoms with Gasteiger partial charge in [0.05, 0.1) is 8.07 Å². The largest absolute Gasteiger partial charge is 0.0784 e. The molecule has 0 atom stereocenters. The predicted octanol–water partition coefficient (Wildman–Crippen LogP) is 14.7. The van der Waals surface area contributed by atoms with E-state index in [1.54, 1.807) is 0 Å². The van der Waals surface area contributed by atoms with Gasteiger partial charge in [-0.2, -0.15) is 0 Å². The summed E-state index contributed by atoms with van der Waals surface area (Å²) in [7, 11) is -1.79. The quantitative estimate of drug-likeness (QED) is 0.126. The summed E-state index contributed by atoms with van der Waals surface area (Å²) in [6.07, 6.45) is 0. The molecule has 1 aliphatic rings. The monoisotopic (exact) mass is 718 g/mol. The maximum atomic E-state index is 2.55. The zero-order chi connectivity index (χ0) is 37.2. The zero-order valence-electron chi connectivity index (χ0n) is 32.1. The van der Waals surface area contributed by atoms with E-state index in [1.807, 2.05) is 0 Å². The Morgan fingerprint density at radius 3 is 1.40 bits per heavy atom. The lowest BCUT2D eigenvalue weighted by Crippen LogP contribution is -2.38. The highest BCUT2D eigenvalue weighted by Crippen LogP contribution is 2.51. The maximum absolute atomic E-state index is 2.55. The van der Waals surface area contributed by atoms with E-state index in [0.29, 0.717) is 0 Å². The van der Waals surface area contributed by atoms with E-state index < -0.39 is 8.07 Å². The van der Waals surface area contributed by atoms with Gasteiger partial charge in [0.15, 0.2) is 0 Å². The molecule has 0 bridgehead atoms. The van der Waals surface area contributed by atoms with Gasteiger partial charge >= 0.3 is 0 Å². The molecule has 0 radical (unpaired) electrons. The first-order chi connectivity index (χ1) is 26.6. The van der Waals surface area contributed by atoms with Crippen molar-refractivity contribution < 1.29 is 0 Å². The van der Waals surface area contributed by atoms with Crippen LogP contribution in [0.15, 0.2) is 164 Å². The fraction of sp³-hybridized carbons (Fsp3) is 0.111. The molecule has 10 aromatic rings. The van der Waals surface area contributed by atoms with Gasteiger partial charge < -0.3 is 0 Å². The minimum absolute atomic E-state index is 0.0755. The van der Waals surface area contributed by atoms with E-state index in [4.69, 9.17) is 0 Å². The molecule has 0 saturated heterocycles. The van der Waals surface area contributed by atoms with E-state index in [9.17, 15) is 0 Å². The van der Waals surface area contributed by atoms with E-state index in [1.165, 1.54) is 115 Å². The first-order valence-electron chi connectivity index (χ1n) is 19.7. The molecule has 11 rings (SSSR count). The summed E-state index contributed by atoms with van der Waals surface area (Å²) in [5.74, 6) is 0. The predicted molar refractivity (Wildman–Crippen MR) is 242 cm³/mol. The van der Waals surface area contributed by atoms with Crippen molar-refractivity contribution in [3.8, 4) is 44.5 Å². The third kappa shape index (κ3) is 4.76. The number of hydrogen-bond donors (Lipinski definition) is 0. The SMILES string of the molecule is CC1(C)c2ccccc2-c2ccc(-c3cc(-c4ccc5ccccc5c4)c4ccc5c([Si](C)(C)C)cc(-c6ccc7ccccc7c6)c6ccc3c4c65)cc21. The Morgan fingerprint density at radius 1 is 0.345 bits per heavy atom. The molecule has 0 fully saturated rings. The van der Waals surface area contributed by atoms with Gasteiger partial charge in [0.1, 0.15) is 0 Å². The molecule has 0 N–H and O–H groups in total. The minimum atomic E-state index is -1.79. The van der Waals surface area contributed by atoms with Crippen LogP contribution in [-0.4, -0.2) is 8.07 Å². The minimum Gasteiger partial charge on any atom is -0.0656 e.